The van der Waals surface area contributed by atoms with E-state index in [0.717, 1.165) is 43.9 Å². The molecule has 112 valence electrons. The quantitative estimate of drug-likeness (QED) is 0.866. The van der Waals surface area contributed by atoms with Gasteiger partial charge in [-0.15, -0.1) is 0 Å². The molecular weight excluding hydrogens is 253 g/mol. The molecule has 3 nitrogen and oxygen atoms in total. The molecule has 2 rings (SSSR count). The van der Waals surface area contributed by atoms with Crippen molar-refractivity contribution < 1.29 is 4.39 Å². The van der Waals surface area contributed by atoms with Crippen LogP contribution < -0.4 is 5.73 Å². The van der Waals surface area contributed by atoms with Gasteiger partial charge in [0.15, 0.2) is 0 Å². The van der Waals surface area contributed by atoms with Crippen molar-refractivity contribution in [3.63, 3.8) is 0 Å². The Morgan fingerprint density at radius 3 is 2.70 bits per heavy atom. The average Bonchev–Trinajstić information content (AvgIpc) is 2.89. The monoisotopic (exact) mass is 279 g/mol. The zero-order valence-electron chi connectivity index (χ0n) is 12.6. The summed E-state index contributed by atoms with van der Waals surface area (Å²) in [4.78, 5) is 4.92. The van der Waals surface area contributed by atoms with E-state index < -0.39 is 0 Å². The number of rotatable bonds is 6. The molecule has 1 heterocycles. The van der Waals surface area contributed by atoms with E-state index in [9.17, 15) is 4.39 Å². The van der Waals surface area contributed by atoms with E-state index in [0.29, 0.717) is 12.6 Å². The van der Waals surface area contributed by atoms with Crippen molar-refractivity contribution in [3.05, 3.63) is 35.1 Å². The molecule has 0 aromatic heterocycles. The average molecular weight is 279 g/mol. The molecule has 1 saturated heterocycles. The molecule has 0 spiro atoms. The highest BCUT2D eigenvalue weighted by molar-refractivity contribution is 5.27. The second-order valence-corrected chi connectivity index (χ2v) is 5.52. The minimum Gasteiger partial charge on any atom is -0.326 e. The number of likely N-dealkylation sites (N-methyl/N-ethyl adjacent to an activating group) is 1. The molecule has 0 saturated carbocycles. The minimum absolute atomic E-state index is 0.170. The maximum Gasteiger partial charge on any atom is 0.123 e. The van der Waals surface area contributed by atoms with E-state index in [1.165, 1.54) is 12.5 Å². The van der Waals surface area contributed by atoms with Gasteiger partial charge in [-0.2, -0.15) is 0 Å². The largest absolute Gasteiger partial charge is 0.326 e. The predicted molar refractivity (Wildman–Crippen MR) is 80.9 cm³/mol. The number of nitrogens with zero attached hydrogens (tertiary/aromatic N) is 2. The number of nitrogens with two attached hydrogens (primary N) is 1. The van der Waals surface area contributed by atoms with E-state index >= 15 is 0 Å². The Labute approximate surface area is 121 Å². The van der Waals surface area contributed by atoms with Crippen molar-refractivity contribution >= 4 is 0 Å². The van der Waals surface area contributed by atoms with Gasteiger partial charge in [-0.3, -0.25) is 9.80 Å². The SMILES string of the molecule is CCN(CC)C1CCN(Cc2cc(F)ccc2CN)C1. The van der Waals surface area contributed by atoms with Crippen LogP contribution in [0.25, 0.3) is 0 Å². The Bertz CT molecular complexity index is 432. The molecule has 1 aliphatic rings. The van der Waals surface area contributed by atoms with E-state index in [-0.39, 0.29) is 5.82 Å². The van der Waals surface area contributed by atoms with Crippen LogP contribution in [-0.4, -0.2) is 42.0 Å². The highest BCUT2D eigenvalue weighted by atomic mass is 19.1. The Hall–Kier alpha value is -0.970. The predicted octanol–water partition coefficient (Wildman–Crippen LogP) is 2.20. The molecule has 1 fully saturated rings. The lowest BCUT2D eigenvalue weighted by Crippen LogP contribution is -2.37. The van der Waals surface area contributed by atoms with Gasteiger partial charge in [0.1, 0.15) is 5.82 Å². The molecule has 1 aromatic rings. The molecule has 0 amide bonds. The van der Waals surface area contributed by atoms with Crippen LogP contribution in [0, 0.1) is 5.82 Å². The maximum absolute atomic E-state index is 13.4. The first-order valence-electron chi connectivity index (χ1n) is 7.61. The molecule has 4 heteroatoms. The van der Waals surface area contributed by atoms with Gasteiger partial charge in [0.05, 0.1) is 0 Å². The van der Waals surface area contributed by atoms with Crippen LogP contribution in [0.2, 0.25) is 0 Å². The summed E-state index contributed by atoms with van der Waals surface area (Å²) in [5.41, 5.74) is 7.83. The van der Waals surface area contributed by atoms with Gasteiger partial charge >= 0.3 is 0 Å². The molecule has 1 aromatic carbocycles. The highest BCUT2D eigenvalue weighted by Crippen LogP contribution is 2.20. The lowest BCUT2D eigenvalue weighted by Gasteiger charge is -2.26. The van der Waals surface area contributed by atoms with Gasteiger partial charge in [0.25, 0.3) is 0 Å². The molecule has 1 aliphatic heterocycles. The van der Waals surface area contributed by atoms with Crippen molar-refractivity contribution in [2.45, 2.75) is 39.4 Å². The summed E-state index contributed by atoms with van der Waals surface area (Å²) in [5.74, 6) is -0.170. The van der Waals surface area contributed by atoms with Crippen molar-refractivity contribution in [3.8, 4) is 0 Å². The van der Waals surface area contributed by atoms with Crippen LogP contribution in [0.4, 0.5) is 4.39 Å². The normalized spacial score (nSPS) is 19.9. The van der Waals surface area contributed by atoms with Crippen LogP contribution in [0.1, 0.15) is 31.4 Å². The van der Waals surface area contributed by atoms with Crippen molar-refractivity contribution in [2.24, 2.45) is 5.73 Å². The Kier molecular flexibility index (Phi) is 5.52. The van der Waals surface area contributed by atoms with Gasteiger partial charge in [0, 0.05) is 32.2 Å². The number of halogens is 1. The summed E-state index contributed by atoms with van der Waals surface area (Å²) in [5, 5.41) is 0. The lowest BCUT2D eigenvalue weighted by molar-refractivity contribution is 0.209. The van der Waals surface area contributed by atoms with Gasteiger partial charge in [-0.25, -0.2) is 4.39 Å². The summed E-state index contributed by atoms with van der Waals surface area (Å²) in [7, 11) is 0. The highest BCUT2D eigenvalue weighted by Gasteiger charge is 2.26. The molecule has 2 N–H and O–H groups in total. The molecular formula is C16H26FN3. The summed E-state index contributed by atoms with van der Waals surface area (Å²) in [6.45, 7) is 10.1. The summed E-state index contributed by atoms with van der Waals surface area (Å²) >= 11 is 0. The number of hydrogen-bond acceptors (Lipinski definition) is 3. The molecule has 1 atom stereocenters. The first-order chi connectivity index (χ1) is 9.67. The van der Waals surface area contributed by atoms with E-state index in [1.54, 1.807) is 6.07 Å². The van der Waals surface area contributed by atoms with Crippen LogP contribution in [0.15, 0.2) is 18.2 Å². The van der Waals surface area contributed by atoms with Crippen LogP contribution in [0.3, 0.4) is 0 Å². The molecule has 0 aliphatic carbocycles. The molecule has 0 radical (unpaired) electrons. The van der Waals surface area contributed by atoms with Gasteiger partial charge in [-0.05, 0) is 42.8 Å². The summed E-state index contributed by atoms with van der Waals surface area (Å²) in [6, 6.07) is 5.57. The van der Waals surface area contributed by atoms with Crippen molar-refractivity contribution in [1.82, 2.24) is 9.80 Å². The summed E-state index contributed by atoms with van der Waals surface area (Å²) in [6.07, 6.45) is 1.20. The Morgan fingerprint density at radius 2 is 2.05 bits per heavy atom. The fourth-order valence-electron chi connectivity index (χ4n) is 3.18. The van der Waals surface area contributed by atoms with Crippen molar-refractivity contribution in [1.29, 1.82) is 0 Å². The third kappa shape index (κ3) is 3.57. The molecule has 1 unspecified atom stereocenters. The zero-order chi connectivity index (χ0) is 14.5. The standard InChI is InChI=1S/C16H26FN3/c1-3-20(4-2)16-7-8-19(12-16)11-14-9-15(17)6-5-13(14)10-18/h5-6,9,16H,3-4,7-8,10-12,18H2,1-2H3. The topological polar surface area (TPSA) is 32.5 Å². The zero-order valence-corrected chi connectivity index (χ0v) is 12.6. The second kappa shape index (κ2) is 7.16. The lowest BCUT2D eigenvalue weighted by atomic mass is 10.1. The number of hydrogen-bond donors (Lipinski definition) is 1. The third-order valence-electron chi connectivity index (χ3n) is 4.36. The van der Waals surface area contributed by atoms with Gasteiger partial charge < -0.3 is 5.73 Å². The van der Waals surface area contributed by atoms with Crippen LogP contribution >= 0.6 is 0 Å². The fourth-order valence-corrected chi connectivity index (χ4v) is 3.18. The maximum atomic E-state index is 13.4. The van der Waals surface area contributed by atoms with Crippen LogP contribution in [0.5, 0.6) is 0 Å². The smallest absolute Gasteiger partial charge is 0.123 e. The van der Waals surface area contributed by atoms with Crippen molar-refractivity contribution in [2.75, 3.05) is 26.2 Å². The first kappa shape index (κ1) is 15.4. The fraction of sp³-hybridized carbons (Fsp3) is 0.625. The van der Waals surface area contributed by atoms with E-state index in [1.807, 2.05) is 6.07 Å². The second-order valence-electron chi connectivity index (χ2n) is 5.52. The number of benzene rings is 1. The molecule has 20 heavy (non-hydrogen) atoms. The van der Waals surface area contributed by atoms with Gasteiger partial charge in [0.2, 0.25) is 0 Å². The minimum atomic E-state index is -0.170. The Morgan fingerprint density at radius 1 is 1.30 bits per heavy atom. The van der Waals surface area contributed by atoms with Gasteiger partial charge in [-0.1, -0.05) is 19.9 Å². The van der Waals surface area contributed by atoms with E-state index in [2.05, 4.69) is 23.6 Å². The third-order valence-corrected chi connectivity index (χ3v) is 4.36. The van der Waals surface area contributed by atoms with Crippen LogP contribution in [-0.2, 0) is 13.1 Å². The summed E-state index contributed by atoms with van der Waals surface area (Å²) < 4.78 is 13.4. The first-order valence-corrected chi connectivity index (χ1v) is 7.61. The Balaban J connectivity index is 2.00. The van der Waals surface area contributed by atoms with E-state index in [4.69, 9.17) is 5.73 Å². The number of likely N-dealkylation sites (tertiary alicyclic amines) is 1. The molecule has 0 bridgehead atoms.